The monoisotopic (exact) mass is 289 g/mol. The lowest BCUT2D eigenvalue weighted by atomic mass is 10.2. The van der Waals surface area contributed by atoms with Crippen LogP contribution in [0.5, 0.6) is 0 Å². The number of hydrogen-bond acceptors (Lipinski definition) is 4. The first kappa shape index (κ1) is 14.4. The van der Waals surface area contributed by atoms with Crippen molar-refractivity contribution in [2.24, 2.45) is 0 Å². The van der Waals surface area contributed by atoms with E-state index >= 15 is 0 Å². The van der Waals surface area contributed by atoms with Crippen LogP contribution in [-0.4, -0.2) is 11.0 Å². The smallest absolute Gasteiger partial charge is 0.232 e. The Kier molecular flexibility index (Phi) is 4.65. The van der Waals surface area contributed by atoms with E-state index in [9.17, 15) is 0 Å². The van der Waals surface area contributed by atoms with E-state index in [1.807, 2.05) is 12.1 Å². The highest BCUT2D eigenvalue weighted by molar-refractivity contribution is 6.30. The zero-order valence-corrected chi connectivity index (χ0v) is 12.2. The van der Waals surface area contributed by atoms with Crippen LogP contribution in [0.25, 0.3) is 11.5 Å². The molecule has 0 radical (unpaired) electrons. The predicted octanol–water partition coefficient (Wildman–Crippen LogP) is 4.47. The molecule has 0 spiro atoms. The van der Waals surface area contributed by atoms with Crippen molar-refractivity contribution in [1.29, 1.82) is 5.26 Å². The number of hydrogen-bond donors (Lipinski definition) is 1. The minimum Gasteiger partial charge on any atom is -0.419 e. The summed E-state index contributed by atoms with van der Waals surface area (Å²) in [6, 6.07) is 9.44. The molecule has 0 aliphatic heterocycles. The van der Waals surface area contributed by atoms with E-state index in [2.05, 4.69) is 30.2 Å². The molecule has 1 aromatic heterocycles. The maximum atomic E-state index is 9.13. The molecule has 0 saturated carbocycles. The maximum absolute atomic E-state index is 9.13. The Bertz CT molecular complexity index is 613. The molecule has 0 amide bonds. The number of nitriles is 1. The van der Waals surface area contributed by atoms with Crippen LogP contribution in [-0.2, 0) is 0 Å². The number of anilines is 1. The zero-order chi connectivity index (χ0) is 14.5. The maximum Gasteiger partial charge on any atom is 0.232 e. The van der Waals surface area contributed by atoms with E-state index in [1.165, 1.54) is 0 Å². The minimum atomic E-state index is 0.234. The highest BCUT2D eigenvalue weighted by atomic mass is 35.5. The van der Waals surface area contributed by atoms with Crippen molar-refractivity contribution in [2.75, 3.05) is 5.32 Å². The average molecular weight is 290 g/mol. The first-order valence-electron chi connectivity index (χ1n) is 6.57. The first-order chi connectivity index (χ1) is 9.63. The molecule has 2 aromatic rings. The summed E-state index contributed by atoms with van der Waals surface area (Å²) in [4.78, 5) is 4.21. The third-order valence-corrected chi connectivity index (χ3v) is 3.18. The number of nitrogens with one attached hydrogen (secondary N) is 1. The second-order valence-electron chi connectivity index (χ2n) is 4.65. The van der Waals surface area contributed by atoms with Gasteiger partial charge in [-0.2, -0.15) is 10.2 Å². The van der Waals surface area contributed by atoms with Crippen molar-refractivity contribution in [3.63, 3.8) is 0 Å². The molecule has 1 aromatic carbocycles. The fourth-order valence-electron chi connectivity index (χ4n) is 1.94. The molecule has 0 aliphatic rings. The third-order valence-electron chi connectivity index (χ3n) is 2.92. The number of oxazole rings is 1. The van der Waals surface area contributed by atoms with Gasteiger partial charge in [-0.1, -0.05) is 24.9 Å². The van der Waals surface area contributed by atoms with Crippen LogP contribution in [0.15, 0.2) is 28.7 Å². The van der Waals surface area contributed by atoms with Crippen LogP contribution in [0.1, 0.15) is 32.4 Å². The molecule has 2 rings (SSSR count). The predicted molar refractivity (Wildman–Crippen MR) is 79.7 cm³/mol. The normalized spacial score (nSPS) is 11.9. The quantitative estimate of drug-likeness (QED) is 0.882. The van der Waals surface area contributed by atoms with Gasteiger partial charge in [0.15, 0.2) is 0 Å². The Hall–Kier alpha value is -1.99. The minimum absolute atomic E-state index is 0.234. The second kappa shape index (κ2) is 6.44. The summed E-state index contributed by atoms with van der Waals surface area (Å²) in [6.45, 7) is 4.16. The van der Waals surface area contributed by atoms with E-state index in [1.54, 1.807) is 12.1 Å². The SMILES string of the molecule is CCCC(C)Nc1oc(-c2ccc(Cl)cc2)nc1C#N. The van der Waals surface area contributed by atoms with Crippen molar-refractivity contribution >= 4 is 17.5 Å². The summed E-state index contributed by atoms with van der Waals surface area (Å²) in [5, 5.41) is 13.0. The van der Waals surface area contributed by atoms with Gasteiger partial charge < -0.3 is 9.73 Å². The second-order valence-corrected chi connectivity index (χ2v) is 5.09. The van der Waals surface area contributed by atoms with E-state index in [-0.39, 0.29) is 11.7 Å². The summed E-state index contributed by atoms with van der Waals surface area (Å²) >= 11 is 5.85. The number of aromatic nitrogens is 1. The van der Waals surface area contributed by atoms with Crippen molar-refractivity contribution in [3.8, 4) is 17.5 Å². The van der Waals surface area contributed by atoms with E-state index < -0.39 is 0 Å². The Labute approximate surface area is 123 Å². The summed E-state index contributed by atoms with van der Waals surface area (Å²) in [6.07, 6.45) is 2.07. The highest BCUT2D eigenvalue weighted by Crippen LogP contribution is 2.27. The molecular weight excluding hydrogens is 274 g/mol. The van der Waals surface area contributed by atoms with Gasteiger partial charge >= 0.3 is 0 Å². The van der Waals surface area contributed by atoms with Crippen LogP contribution in [0, 0.1) is 11.3 Å². The van der Waals surface area contributed by atoms with Crippen molar-refractivity contribution in [1.82, 2.24) is 4.98 Å². The standard InChI is InChI=1S/C15H16ClN3O/c1-3-4-10(2)18-15-13(9-17)19-14(20-15)11-5-7-12(16)8-6-11/h5-8,10,18H,3-4H2,1-2H3. The van der Waals surface area contributed by atoms with Crippen LogP contribution in [0.4, 0.5) is 5.88 Å². The van der Waals surface area contributed by atoms with Crippen molar-refractivity contribution < 1.29 is 4.42 Å². The Morgan fingerprint density at radius 2 is 2.10 bits per heavy atom. The van der Waals surface area contributed by atoms with Gasteiger partial charge in [0, 0.05) is 16.6 Å². The average Bonchev–Trinajstić information content (AvgIpc) is 2.82. The summed E-state index contributed by atoms with van der Waals surface area (Å²) in [5.41, 5.74) is 1.07. The van der Waals surface area contributed by atoms with E-state index in [0.717, 1.165) is 18.4 Å². The topological polar surface area (TPSA) is 61.9 Å². The fraction of sp³-hybridized carbons (Fsp3) is 0.333. The number of nitrogens with zero attached hydrogens (tertiary/aromatic N) is 2. The molecule has 4 nitrogen and oxygen atoms in total. The molecule has 1 heterocycles. The lowest BCUT2D eigenvalue weighted by molar-refractivity contribution is 0.567. The molecule has 104 valence electrons. The van der Waals surface area contributed by atoms with Gasteiger partial charge in [0.1, 0.15) is 6.07 Å². The molecule has 0 bridgehead atoms. The summed E-state index contributed by atoms with van der Waals surface area (Å²) in [5.74, 6) is 0.850. The molecule has 20 heavy (non-hydrogen) atoms. The Morgan fingerprint density at radius 1 is 1.40 bits per heavy atom. The zero-order valence-electron chi connectivity index (χ0n) is 11.5. The van der Waals surface area contributed by atoms with Gasteiger partial charge in [0.25, 0.3) is 0 Å². The summed E-state index contributed by atoms with van der Waals surface area (Å²) in [7, 11) is 0. The third kappa shape index (κ3) is 3.31. The van der Waals surface area contributed by atoms with Gasteiger partial charge in [-0.3, -0.25) is 0 Å². The lowest BCUT2D eigenvalue weighted by Gasteiger charge is -2.10. The molecule has 1 unspecified atom stereocenters. The molecular formula is C15H16ClN3O. The van der Waals surface area contributed by atoms with E-state index in [0.29, 0.717) is 16.8 Å². The van der Waals surface area contributed by atoms with Gasteiger partial charge in [-0.25, -0.2) is 0 Å². The Balaban J connectivity index is 2.27. The number of halogens is 1. The molecule has 0 aliphatic carbocycles. The lowest BCUT2D eigenvalue weighted by Crippen LogP contribution is -2.14. The van der Waals surface area contributed by atoms with E-state index in [4.69, 9.17) is 21.3 Å². The largest absolute Gasteiger partial charge is 0.419 e. The van der Waals surface area contributed by atoms with Gasteiger partial charge in [-0.05, 0) is 37.6 Å². The van der Waals surface area contributed by atoms with Crippen LogP contribution in [0.3, 0.4) is 0 Å². The van der Waals surface area contributed by atoms with Crippen molar-refractivity contribution in [3.05, 3.63) is 35.0 Å². The van der Waals surface area contributed by atoms with Gasteiger partial charge in [0.05, 0.1) is 0 Å². The molecule has 0 saturated heterocycles. The number of rotatable bonds is 5. The van der Waals surface area contributed by atoms with Gasteiger partial charge in [0.2, 0.25) is 17.5 Å². The summed E-state index contributed by atoms with van der Waals surface area (Å²) < 4.78 is 5.66. The van der Waals surface area contributed by atoms with Gasteiger partial charge in [-0.15, -0.1) is 0 Å². The Morgan fingerprint density at radius 3 is 2.70 bits per heavy atom. The molecule has 1 atom stereocenters. The van der Waals surface area contributed by atoms with Crippen LogP contribution in [0.2, 0.25) is 5.02 Å². The van der Waals surface area contributed by atoms with Crippen LogP contribution >= 0.6 is 11.6 Å². The highest BCUT2D eigenvalue weighted by Gasteiger charge is 2.15. The molecule has 0 fully saturated rings. The molecule has 1 N–H and O–H groups in total. The fourth-order valence-corrected chi connectivity index (χ4v) is 2.06. The number of benzene rings is 1. The first-order valence-corrected chi connectivity index (χ1v) is 6.95. The molecule has 5 heteroatoms. The van der Waals surface area contributed by atoms with Crippen molar-refractivity contribution in [2.45, 2.75) is 32.7 Å². The van der Waals surface area contributed by atoms with Crippen LogP contribution < -0.4 is 5.32 Å².